The second-order valence-corrected chi connectivity index (χ2v) is 8.52. The molecule has 5 rings (SSSR count). The van der Waals surface area contributed by atoms with Crippen molar-refractivity contribution in [3.8, 4) is 16.9 Å². The van der Waals surface area contributed by atoms with E-state index in [9.17, 15) is 19.5 Å². The lowest BCUT2D eigenvalue weighted by molar-refractivity contribution is -0.144. The van der Waals surface area contributed by atoms with Crippen LogP contribution in [0.2, 0.25) is 0 Å². The number of rotatable bonds is 7. The van der Waals surface area contributed by atoms with Gasteiger partial charge >= 0.3 is 18.0 Å². The zero-order chi connectivity index (χ0) is 25.1. The predicted molar refractivity (Wildman–Crippen MR) is 134 cm³/mol. The lowest BCUT2D eigenvalue weighted by Crippen LogP contribution is -2.43. The highest BCUT2D eigenvalue weighted by Gasteiger charge is 2.30. The number of fused-ring (bicyclic) bond motifs is 4. The third kappa shape index (κ3) is 4.63. The van der Waals surface area contributed by atoms with E-state index < -0.39 is 30.5 Å². The van der Waals surface area contributed by atoms with E-state index in [1.165, 1.54) is 0 Å². The van der Waals surface area contributed by atoms with Crippen LogP contribution in [0.15, 0.2) is 91.0 Å². The molecule has 1 aliphatic rings. The van der Waals surface area contributed by atoms with E-state index in [4.69, 9.17) is 9.47 Å². The Bertz CT molecular complexity index is 1410. The van der Waals surface area contributed by atoms with Gasteiger partial charge in [0.15, 0.2) is 0 Å². The van der Waals surface area contributed by atoms with Crippen LogP contribution in [0.4, 0.5) is 4.79 Å². The Morgan fingerprint density at radius 2 is 1.42 bits per heavy atom. The first-order valence-electron chi connectivity index (χ1n) is 11.5. The molecule has 0 aromatic heterocycles. The largest absolute Gasteiger partial charge is 0.480 e. The number of carboxylic acids is 1. The minimum absolute atomic E-state index is 0.0344. The van der Waals surface area contributed by atoms with Gasteiger partial charge in [0.05, 0.1) is 6.42 Å². The molecule has 4 aromatic rings. The number of esters is 1. The smallest absolute Gasteiger partial charge is 0.407 e. The van der Waals surface area contributed by atoms with Crippen LogP contribution >= 0.6 is 0 Å². The number of amides is 1. The summed E-state index contributed by atoms with van der Waals surface area (Å²) in [6, 6.07) is 26.9. The van der Waals surface area contributed by atoms with Gasteiger partial charge in [0.25, 0.3) is 0 Å². The van der Waals surface area contributed by atoms with Gasteiger partial charge < -0.3 is 19.9 Å². The summed E-state index contributed by atoms with van der Waals surface area (Å²) in [4.78, 5) is 36.8. The maximum absolute atomic E-state index is 12.5. The van der Waals surface area contributed by atoms with Crippen molar-refractivity contribution in [3.05, 3.63) is 102 Å². The Morgan fingerprint density at radius 3 is 2.11 bits per heavy atom. The highest BCUT2D eigenvalue weighted by molar-refractivity contribution is 5.91. The molecule has 0 aliphatic heterocycles. The third-order valence-corrected chi connectivity index (χ3v) is 6.28. The summed E-state index contributed by atoms with van der Waals surface area (Å²) in [5, 5.41) is 13.5. The Hall–Kier alpha value is -4.65. The fourth-order valence-electron chi connectivity index (χ4n) is 4.60. The monoisotopic (exact) mass is 481 g/mol. The molecule has 2 N–H and O–H groups in total. The van der Waals surface area contributed by atoms with Crippen LogP contribution in [0, 0.1) is 0 Å². The molecule has 1 amide bonds. The lowest BCUT2D eigenvalue weighted by Gasteiger charge is -2.17. The Balaban J connectivity index is 1.22. The number of hydrogen-bond acceptors (Lipinski definition) is 5. The van der Waals surface area contributed by atoms with Crippen molar-refractivity contribution in [2.24, 2.45) is 0 Å². The highest BCUT2D eigenvalue weighted by Crippen LogP contribution is 2.44. The minimum Gasteiger partial charge on any atom is -0.480 e. The molecule has 0 radical (unpaired) electrons. The van der Waals surface area contributed by atoms with E-state index in [1.807, 2.05) is 78.9 Å². The first kappa shape index (κ1) is 23.1. The van der Waals surface area contributed by atoms with E-state index in [2.05, 4.69) is 5.32 Å². The van der Waals surface area contributed by atoms with Crippen LogP contribution in [0.3, 0.4) is 0 Å². The van der Waals surface area contributed by atoms with E-state index in [0.29, 0.717) is 5.75 Å². The number of alkyl carbamates (subject to hydrolysis) is 1. The molecule has 0 saturated carbocycles. The van der Waals surface area contributed by atoms with Gasteiger partial charge in [0.1, 0.15) is 18.4 Å². The van der Waals surface area contributed by atoms with E-state index in [0.717, 1.165) is 33.0 Å². The number of hydrogen-bond donors (Lipinski definition) is 2. The van der Waals surface area contributed by atoms with Crippen LogP contribution < -0.4 is 10.1 Å². The standard InChI is InChI=1S/C29H23NO6/c31-27(36-26-15-7-9-18-8-1-2-10-19(18)26)16-25(28(32)33)30-29(34)35-17-24-22-13-5-3-11-20(22)21-12-4-6-14-23(21)24/h1-15,24-25H,16-17H2,(H,30,34)(H,32,33)/t25-/m1/s1. The zero-order valence-electron chi connectivity index (χ0n) is 19.2. The van der Waals surface area contributed by atoms with Crippen molar-refractivity contribution in [2.75, 3.05) is 6.61 Å². The lowest BCUT2D eigenvalue weighted by atomic mass is 9.98. The molecule has 0 bridgehead atoms. The van der Waals surface area contributed by atoms with Crippen molar-refractivity contribution < 1.29 is 29.0 Å². The number of nitrogens with one attached hydrogen (secondary N) is 1. The summed E-state index contributed by atoms with van der Waals surface area (Å²) >= 11 is 0. The molecular weight excluding hydrogens is 458 g/mol. The third-order valence-electron chi connectivity index (χ3n) is 6.28. The van der Waals surface area contributed by atoms with Gasteiger partial charge in [-0.15, -0.1) is 0 Å². The molecule has 0 heterocycles. The predicted octanol–water partition coefficient (Wildman–Crippen LogP) is 5.13. The molecule has 0 spiro atoms. The summed E-state index contributed by atoms with van der Waals surface area (Å²) in [5.41, 5.74) is 4.25. The van der Waals surface area contributed by atoms with E-state index in [-0.39, 0.29) is 12.5 Å². The van der Waals surface area contributed by atoms with Crippen LogP contribution in [-0.2, 0) is 14.3 Å². The molecule has 1 atom stereocenters. The molecule has 0 fully saturated rings. The summed E-state index contributed by atoms with van der Waals surface area (Å²) in [6.45, 7) is 0.0344. The molecule has 7 heteroatoms. The molecule has 1 aliphatic carbocycles. The second kappa shape index (κ2) is 9.92. The summed E-state index contributed by atoms with van der Waals surface area (Å²) < 4.78 is 10.8. The van der Waals surface area contributed by atoms with Gasteiger partial charge in [-0.3, -0.25) is 4.79 Å². The van der Waals surface area contributed by atoms with Gasteiger partial charge in [0, 0.05) is 11.3 Å². The van der Waals surface area contributed by atoms with Gasteiger partial charge in [0.2, 0.25) is 0 Å². The molecular formula is C29H23NO6. The van der Waals surface area contributed by atoms with Crippen molar-refractivity contribution in [1.29, 1.82) is 0 Å². The zero-order valence-corrected chi connectivity index (χ0v) is 19.2. The van der Waals surface area contributed by atoms with Crippen LogP contribution in [0.25, 0.3) is 21.9 Å². The van der Waals surface area contributed by atoms with Crippen molar-refractivity contribution >= 4 is 28.8 Å². The Morgan fingerprint density at radius 1 is 0.806 bits per heavy atom. The Kier molecular flexibility index (Phi) is 6.36. The van der Waals surface area contributed by atoms with Crippen LogP contribution in [0.5, 0.6) is 5.75 Å². The average Bonchev–Trinajstić information content (AvgIpc) is 3.21. The van der Waals surface area contributed by atoms with Crippen LogP contribution in [-0.4, -0.2) is 35.8 Å². The first-order chi connectivity index (χ1) is 17.5. The van der Waals surface area contributed by atoms with Crippen molar-refractivity contribution in [3.63, 3.8) is 0 Å². The fraction of sp³-hybridized carbons (Fsp3) is 0.138. The molecule has 4 aromatic carbocycles. The van der Waals surface area contributed by atoms with Gasteiger partial charge in [-0.25, -0.2) is 9.59 Å². The number of carboxylic acid groups (broad SMARTS) is 1. The fourth-order valence-corrected chi connectivity index (χ4v) is 4.60. The highest BCUT2D eigenvalue weighted by atomic mass is 16.6. The average molecular weight is 482 g/mol. The summed E-state index contributed by atoms with van der Waals surface area (Å²) in [7, 11) is 0. The SMILES string of the molecule is O=C(C[C@@H](NC(=O)OCC1c2ccccc2-c2ccccc21)C(=O)O)Oc1cccc2ccccc12. The Labute approximate surface area is 207 Å². The van der Waals surface area contributed by atoms with Gasteiger partial charge in [-0.2, -0.15) is 0 Å². The normalized spacial score (nSPS) is 12.9. The van der Waals surface area contributed by atoms with Crippen LogP contribution in [0.1, 0.15) is 23.5 Å². The number of benzene rings is 4. The summed E-state index contributed by atoms with van der Waals surface area (Å²) in [6.07, 6.45) is -1.47. The van der Waals surface area contributed by atoms with E-state index >= 15 is 0 Å². The molecule has 180 valence electrons. The molecule has 36 heavy (non-hydrogen) atoms. The molecule has 7 nitrogen and oxygen atoms in total. The van der Waals surface area contributed by atoms with E-state index in [1.54, 1.807) is 12.1 Å². The maximum Gasteiger partial charge on any atom is 0.407 e. The number of carbonyl (C=O) groups excluding carboxylic acids is 2. The molecule has 0 unspecified atom stereocenters. The van der Waals surface area contributed by atoms with Crippen molar-refractivity contribution in [1.82, 2.24) is 5.32 Å². The van der Waals surface area contributed by atoms with Crippen molar-refractivity contribution in [2.45, 2.75) is 18.4 Å². The quantitative estimate of drug-likeness (QED) is 0.280. The maximum atomic E-state index is 12.5. The minimum atomic E-state index is -1.50. The first-order valence-corrected chi connectivity index (χ1v) is 11.5. The second-order valence-electron chi connectivity index (χ2n) is 8.52. The van der Waals surface area contributed by atoms with Gasteiger partial charge in [-0.1, -0.05) is 84.9 Å². The molecule has 0 saturated heterocycles. The number of carbonyl (C=O) groups is 3. The number of ether oxygens (including phenoxy) is 2. The topological polar surface area (TPSA) is 102 Å². The summed E-state index contributed by atoms with van der Waals surface area (Å²) in [5.74, 6) is -1.98. The van der Waals surface area contributed by atoms with Gasteiger partial charge in [-0.05, 0) is 33.7 Å². The number of aliphatic carboxylic acids is 1.